The average molecular weight is 490 g/mol. The van der Waals surface area contributed by atoms with Gasteiger partial charge in [0.1, 0.15) is 0 Å². The van der Waals surface area contributed by atoms with E-state index in [9.17, 15) is 4.79 Å². The number of aromatic nitrogens is 2. The Morgan fingerprint density at radius 1 is 1.14 bits per heavy atom. The molecule has 1 aliphatic rings. The minimum absolute atomic E-state index is 0.0253. The van der Waals surface area contributed by atoms with E-state index >= 15 is 0 Å². The summed E-state index contributed by atoms with van der Waals surface area (Å²) in [6.45, 7) is 9.69. The van der Waals surface area contributed by atoms with Gasteiger partial charge in [0, 0.05) is 36.6 Å². The lowest BCUT2D eigenvalue weighted by Crippen LogP contribution is -2.21. The van der Waals surface area contributed by atoms with Gasteiger partial charge >= 0.3 is 0 Å². The molecule has 0 saturated heterocycles. The Labute approximate surface area is 215 Å². The first kappa shape index (κ1) is 25.8. The smallest absolute Gasteiger partial charge is 0.231 e. The molecule has 0 radical (unpaired) electrons. The predicted molar refractivity (Wildman–Crippen MR) is 144 cm³/mol. The Hall–Kier alpha value is -3.28. The zero-order valence-corrected chi connectivity index (χ0v) is 22.0. The molecule has 1 N–H and O–H groups in total. The van der Waals surface area contributed by atoms with Crippen molar-refractivity contribution in [1.29, 1.82) is 0 Å². The first-order valence-electron chi connectivity index (χ1n) is 13.1. The van der Waals surface area contributed by atoms with Crippen molar-refractivity contribution < 1.29 is 14.3 Å². The molecule has 0 saturated carbocycles. The largest absolute Gasteiger partial charge is 0.454 e. The number of benzene rings is 2. The number of unbranched alkanes of at least 4 members (excludes halogenated alkanes) is 3. The van der Waals surface area contributed by atoms with Crippen LogP contribution >= 0.6 is 0 Å². The highest BCUT2D eigenvalue weighted by atomic mass is 16.7. The van der Waals surface area contributed by atoms with Crippen LogP contribution in [0.4, 0.5) is 5.69 Å². The SMILES string of the molecule is CCCCCCC(CC(=O)Nc1cc(Cn2ccnc2)ccc1C(C)(C)C)c1cccc2c1OCO2. The predicted octanol–water partition coefficient (Wildman–Crippen LogP) is 7.04. The highest BCUT2D eigenvalue weighted by Crippen LogP contribution is 2.42. The lowest BCUT2D eigenvalue weighted by molar-refractivity contribution is -0.116. The fraction of sp³-hybridized carbons (Fsp3) is 0.467. The fourth-order valence-corrected chi connectivity index (χ4v) is 4.92. The van der Waals surface area contributed by atoms with E-state index in [2.05, 4.69) is 62.3 Å². The van der Waals surface area contributed by atoms with E-state index in [-0.39, 0.29) is 24.0 Å². The van der Waals surface area contributed by atoms with Crippen molar-refractivity contribution in [3.8, 4) is 11.5 Å². The Morgan fingerprint density at radius 3 is 2.75 bits per heavy atom. The van der Waals surface area contributed by atoms with Crippen molar-refractivity contribution in [3.63, 3.8) is 0 Å². The fourth-order valence-electron chi connectivity index (χ4n) is 4.92. The normalized spacial score (nSPS) is 13.6. The van der Waals surface area contributed by atoms with Crippen LogP contribution in [-0.4, -0.2) is 22.3 Å². The molecule has 4 rings (SSSR count). The van der Waals surface area contributed by atoms with Gasteiger partial charge < -0.3 is 19.4 Å². The maximum Gasteiger partial charge on any atom is 0.231 e. The van der Waals surface area contributed by atoms with Gasteiger partial charge in [-0.15, -0.1) is 0 Å². The van der Waals surface area contributed by atoms with E-state index in [1.807, 2.05) is 29.2 Å². The molecule has 2 heterocycles. The third kappa shape index (κ3) is 6.48. The van der Waals surface area contributed by atoms with Crippen molar-refractivity contribution in [1.82, 2.24) is 9.55 Å². The second-order valence-electron chi connectivity index (χ2n) is 10.7. The summed E-state index contributed by atoms with van der Waals surface area (Å²) in [6.07, 6.45) is 11.5. The molecule has 36 heavy (non-hydrogen) atoms. The van der Waals surface area contributed by atoms with E-state index in [1.165, 1.54) is 19.3 Å². The van der Waals surface area contributed by atoms with Crippen molar-refractivity contribution in [2.24, 2.45) is 0 Å². The van der Waals surface area contributed by atoms with Gasteiger partial charge in [-0.1, -0.05) is 77.6 Å². The molecule has 1 unspecified atom stereocenters. The number of carbonyl (C=O) groups excluding carboxylic acids is 1. The number of nitrogens with one attached hydrogen (secondary N) is 1. The van der Waals surface area contributed by atoms with Crippen molar-refractivity contribution >= 4 is 11.6 Å². The Morgan fingerprint density at radius 2 is 2.00 bits per heavy atom. The summed E-state index contributed by atoms with van der Waals surface area (Å²) in [5.74, 6) is 1.67. The van der Waals surface area contributed by atoms with E-state index in [1.54, 1.807) is 6.20 Å². The zero-order valence-electron chi connectivity index (χ0n) is 22.0. The number of imidazole rings is 1. The lowest BCUT2D eigenvalue weighted by atomic mass is 9.85. The lowest BCUT2D eigenvalue weighted by Gasteiger charge is -2.25. The van der Waals surface area contributed by atoms with Gasteiger partial charge in [0.15, 0.2) is 11.5 Å². The quantitative estimate of drug-likeness (QED) is 0.293. The number of ether oxygens (including phenoxy) is 2. The molecular formula is C30H39N3O3. The molecular weight excluding hydrogens is 450 g/mol. The van der Waals surface area contributed by atoms with Crippen LogP contribution < -0.4 is 14.8 Å². The highest BCUT2D eigenvalue weighted by molar-refractivity contribution is 5.92. The molecule has 1 aromatic heterocycles. The maximum absolute atomic E-state index is 13.5. The standard InChI is InChI=1S/C30H39N3O3/c1-5-6-7-8-10-23(24-11-9-12-27-29(24)36-21-35-27)18-28(34)32-26-17-22(19-33-16-15-31-20-33)13-14-25(26)30(2,3)4/h9,11-17,20,23H,5-8,10,18-19,21H2,1-4H3,(H,32,34). The number of rotatable bonds is 11. The highest BCUT2D eigenvalue weighted by Gasteiger charge is 2.26. The number of anilines is 1. The third-order valence-electron chi connectivity index (χ3n) is 6.80. The van der Waals surface area contributed by atoms with Crippen LogP contribution in [0.5, 0.6) is 11.5 Å². The number of fused-ring (bicyclic) bond motifs is 1. The van der Waals surface area contributed by atoms with Crippen molar-refractivity contribution in [3.05, 3.63) is 71.8 Å². The van der Waals surface area contributed by atoms with E-state index in [0.29, 0.717) is 13.0 Å². The van der Waals surface area contributed by atoms with Gasteiger partial charge in [0.05, 0.1) is 6.33 Å². The van der Waals surface area contributed by atoms with Crippen LogP contribution in [-0.2, 0) is 16.8 Å². The van der Waals surface area contributed by atoms with E-state index < -0.39 is 0 Å². The van der Waals surface area contributed by atoms with Gasteiger partial charge in [-0.2, -0.15) is 0 Å². The molecule has 6 nitrogen and oxygen atoms in total. The molecule has 192 valence electrons. The van der Waals surface area contributed by atoms with Crippen LogP contribution in [0.2, 0.25) is 0 Å². The summed E-state index contributed by atoms with van der Waals surface area (Å²) in [4.78, 5) is 17.6. The number of hydrogen-bond acceptors (Lipinski definition) is 4. The average Bonchev–Trinajstić information content (AvgIpc) is 3.52. The Bertz CT molecular complexity index is 1150. The van der Waals surface area contributed by atoms with Crippen LogP contribution in [0.15, 0.2) is 55.1 Å². The van der Waals surface area contributed by atoms with Gasteiger partial charge in [0.2, 0.25) is 12.7 Å². The number of hydrogen-bond donors (Lipinski definition) is 1. The van der Waals surface area contributed by atoms with Crippen molar-refractivity contribution in [2.45, 2.75) is 84.1 Å². The first-order valence-corrected chi connectivity index (χ1v) is 13.1. The van der Waals surface area contributed by atoms with Gasteiger partial charge in [-0.05, 0) is 41.0 Å². The topological polar surface area (TPSA) is 65.4 Å². The minimum atomic E-state index is -0.0961. The van der Waals surface area contributed by atoms with Crippen LogP contribution in [0.1, 0.15) is 88.8 Å². The minimum Gasteiger partial charge on any atom is -0.454 e. The summed E-state index contributed by atoms with van der Waals surface area (Å²) in [6, 6.07) is 12.4. The summed E-state index contributed by atoms with van der Waals surface area (Å²) < 4.78 is 13.4. The third-order valence-corrected chi connectivity index (χ3v) is 6.80. The first-order chi connectivity index (χ1) is 17.3. The Kier molecular flexibility index (Phi) is 8.34. The monoisotopic (exact) mass is 489 g/mol. The summed E-state index contributed by atoms with van der Waals surface area (Å²) in [5, 5.41) is 3.27. The summed E-state index contributed by atoms with van der Waals surface area (Å²) in [5.41, 5.74) is 4.11. The number of nitrogens with zero attached hydrogens (tertiary/aromatic N) is 2. The number of carbonyl (C=O) groups is 1. The molecule has 6 heteroatoms. The Balaban J connectivity index is 1.55. The summed E-state index contributed by atoms with van der Waals surface area (Å²) in [7, 11) is 0. The molecule has 1 atom stereocenters. The molecule has 1 aliphatic heterocycles. The number of para-hydroxylation sites is 1. The maximum atomic E-state index is 13.5. The van der Waals surface area contributed by atoms with Crippen LogP contribution in [0.3, 0.4) is 0 Å². The zero-order chi connectivity index (χ0) is 25.5. The summed E-state index contributed by atoms with van der Waals surface area (Å²) >= 11 is 0. The van der Waals surface area contributed by atoms with Gasteiger partial charge in [-0.3, -0.25) is 4.79 Å². The van der Waals surface area contributed by atoms with E-state index in [0.717, 1.165) is 46.7 Å². The molecule has 3 aromatic rings. The molecule has 0 spiro atoms. The molecule has 0 bridgehead atoms. The van der Waals surface area contributed by atoms with E-state index in [4.69, 9.17) is 9.47 Å². The molecule has 1 amide bonds. The van der Waals surface area contributed by atoms with Crippen LogP contribution in [0, 0.1) is 0 Å². The molecule has 0 aliphatic carbocycles. The van der Waals surface area contributed by atoms with Gasteiger partial charge in [0.25, 0.3) is 0 Å². The molecule has 2 aromatic carbocycles. The van der Waals surface area contributed by atoms with Crippen LogP contribution in [0.25, 0.3) is 0 Å². The van der Waals surface area contributed by atoms with Crippen molar-refractivity contribution in [2.75, 3.05) is 12.1 Å². The second kappa shape index (κ2) is 11.6. The van der Waals surface area contributed by atoms with Gasteiger partial charge in [-0.25, -0.2) is 4.98 Å². The second-order valence-corrected chi connectivity index (χ2v) is 10.7. The number of amides is 1. The molecule has 0 fully saturated rings.